The molecule has 1 amide bonds. The number of nitrogens with zero attached hydrogens (tertiary/aromatic N) is 1. The summed E-state index contributed by atoms with van der Waals surface area (Å²) in [6.07, 6.45) is 0. The standard InChI is InChI=1S/C17H18N4O3S2/c1-10(19-13-5-8-15-16(9-13)25-11(2)20-15)17(22)21-12-3-6-14(7-4-12)26(18,23)24/h3-10,19H,1-2H3,(H,21,22)(H2,18,23,24)/t10-/m1/s1. The Morgan fingerprint density at radius 2 is 1.81 bits per heavy atom. The SMILES string of the molecule is Cc1nc2ccc(N[C@H](C)C(=O)Nc3ccc(S(N)(=O)=O)cc3)cc2s1. The van der Waals surface area contributed by atoms with Crippen molar-refractivity contribution < 1.29 is 13.2 Å². The molecule has 1 aromatic heterocycles. The van der Waals surface area contributed by atoms with Crippen molar-refractivity contribution in [1.82, 2.24) is 4.98 Å². The van der Waals surface area contributed by atoms with Crippen LogP contribution in [0.3, 0.4) is 0 Å². The number of anilines is 2. The highest BCUT2D eigenvalue weighted by Crippen LogP contribution is 2.25. The van der Waals surface area contributed by atoms with E-state index in [1.54, 1.807) is 18.3 Å². The normalized spacial score (nSPS) is 12.7. The predicted molar refractivity (Wildman–Crippen MR) is 104 cm³/mol. The number of fused-ring (bicyclic) bond motifs is 1. The van der Waals surface area contributed by atoms with Gasteiger partial charge in [0, 0.05) is 11.4 Å². The van der Waals surface area contributed by atoms with Crippen molar-refractivity contribution in [1.29, 1.82) is 0 Å². The molecule has 0 aliphatic heterocycles. The van der Waals surface area contributed by atoms with Gasteiger partial charge in [-0.25, -0.2) is 18.5 Å². The van der Waals surface area contributed by atoms with Gasteiger partial charge in [-0.3, -0.25) is 4.79 Å². The summed E-state index contributed by atoms with van der Waals surface area (Å²) in [5.41, 5.74) is 2.25. The molecule has 136 valence electrons. The van der Waals surface area contributed by atoms with E-state index >= 15 is 0 Å². The molecule has 0 radical (unpaired) electrons. The minimum atomic E-state index is -3.75. The number of nitrogens with two attached hydrogens (primary N) is 1. The van der Waals surface area contributed by atoms with Crippen LogP contribution in [0.15, 0.2) is 47.4 Å². The number of nitrogens with one attached hydrogen (secondary N) is 2. The van der Waals surface area contributed by atoms with Crippen molar-refractivity contribution >= 4 is 48.9 Å². The fourth-order valence-corrected chi connectivity index (χ4v) is 3.81. The second-order valence-electron chi connectivity index (χ2n) is 5.84. The molecule has 0 aliphatic carbocycles. The number of thiazole rings is 1. The number of carbonyl (C=O) groups is 1. The number of primary sulfonamides is 1. The van der Waals surface area contributed by atoms with Gasteiger partial charge in [-0.15, -0.1) is 11.3 Å². The maximum Gasteiger partial charge on any atom is 0.246 e. The first-order valence-electron chi connectivity index (χ1n) is 7.80. The van der Waals surface area contributed by atoms with Gasteiger partial charge in [-0.2, -0.15) is 0 Å². The number of rotatable bonds is 5. The molecular weight excluding hydrogens is 372 g/mol. The molecule has 9 heteroatoms. The van der Waals surface area contributed by atoms with E-state index < -0.39 is 16.1 Å². The molecule has 1 heterocycles. The summed E-state index contributed by atoms with van der Waals surface area (Å²) in [4.78, 5) is 16.7. The average molecular weight is 390 g/mol. The van der Waals surface area contributed by atoms with Gasteiger partial charge in [-0.1, -0.05) is 0 Å². The number of benzene rings is 2. The third-order valence-electron chi connectivity index (χ3n) is 3.72. The van der Waals surface area contributed by atoms with Crippen molar-refractivity contribution in [2.24, 2.45) is 5.14 Å². The number of hydrogen-bond acceptors (Lipinski definition) is 6. The summed E-state index contributed by atoms with van der Waals surface area (Å²) in [7, 11) is -3.75. The van der Waals surface area contributed by atoms with Crippen molar-refractivity contribution in [2.75, 3.05) is 10.6 Å². The van der Waals surface area contributed by atoms with Gasteiger partial charge in [0.15, 0.2) is 0 Å². The fourth-order valence-electron chi connectivity index (χ4n) is 2.42. The molecule has 4 N–H and O–H groups in total. The summed E-state index contributed by atoms with van der Waals surface area (Å²) < 4.78 is 23.6. The van der Waals surface area contributed by atoms with E-state index in [1.807, 2.05) is 25.1 Å². The minimum Gasteiger partial charge on any atom is -0.374 e. The molecule has 7 nitrogen and oxygen atoms in total. The van der Waals surface area contributed by atoms with E-state index in [4.69, 9.17) is 5.14 Å². The molecule has 3 aromatic rings. The first kappa shape index (κ1) is 18.3. The summed E-state index contributed by atoms with van der Waals surface area (Å²) >= 11 is 1.60. The molecule has 0 saturated heterocycles. The van der Waals surface area contributed by atoms with Crippen molar-refractivity contribution in [3.05, 3.63) is 47.5 Å². The molecule has 0 unspecified atom stereocenters. The Bertz CT molecular complexity index is 1060. The lowest BCUT2D eigenvalue weighted by molar-refractivity contribution is -0.116. The van der Waals surface area contributed by atoms with Gasteiger partial charge in [0.05, 0.1) is 20.1 Å². The van der Waals surface area contributed by atoms with E-state index in [0.29, 0.717) is 5.69 Å². The Hall–Kier alpha value is -2.49. The van der Waals surface area contributed by atoms with Crippen LogP contribution in [0.25, 0.3) is 10.2 Å². The van der Waals surface area contributed by atoms with Crippen LogP contribution in [-0.2, 0) is 14.8 Å². The maximum absolute atomic E-state index is 12.3. The monoisotopic (exact) mass is 390 g/mol. The third-order valence-corrected chi connectivity index (χ3v) is 5.59. The Balaban J connectivity index is 1.66. The molecule has 26 heavy (non-hydrogen) atoms. The zero-order valence-corrected chi connectivity index (χ0v) is 15.8. The number of aromatic nitrogens is 1. The first-order chi connectivity index (χ1) is 12.2. The highest BCUT2D eigenvalue weighted by Gasteiger charge is 2.14. The van der Waals surface area contributed by atoms with Crippen LogP contribution in [0.5, 0.6) is 0 Å². The number of sulfonamides is 1. The van der Waals surface area contributed by atoms with Gasteiger partial charge in [-0.05, 0) is 56.3 Å². The van der Waals surface area contributed by atoms with Crippen LogP contribution in [-0.4, -0.2) is 25.4 Å². The number of carbonyl (C=O) groups excluding carboxylic acids is 1. The second kappa shape index (κ2) is 7.02. The van der Waals surface area contributed by atoms with E-state index in [9.17, 15) is 13.2 Å². The molecule has 3 rings (SSSR count). The van der Waals surface area contributed by atoms with E-state index in [1.165, 1.54) is 24.3 Å². The smallest absolute Gasteiger partial charge is 0.246 e. The molecule has 0 bridgehead atoms. The topological polar surface area (TPSA) is 114 Å². The van der Waals surface area contributed by atoms with Gasteiger partial charge >= 0.3 is 0 Å². The highest BCUT2D eigenvalue weighted by molar-refractivity contribution is 7.89. The van der Waals surface area contributed by atoms with Crippen LogP contribution in [0.1, 0.15) is 11.9 Å². The maximum atomic E-state index is 12.3. The quantitative estimate of drug-likeness (QED) is 0.620. The zero-order valence-electron chi connectivity index (χ0n) is 14.2. The number of aryl methyl sites for hydroxylation is 1. The Morgan fingerprint density at radius 3 is 2.46 bits per heavy atom. The molecule has 0 fully saturated rings. The summed E-state index contributed by atoms with van der Waals surface area (Å²) in [6.45, 7) is 3.70. The van der Waals surface area contributed by atoms with Gasteiger partial charge in [0.2, 0.25) is 15.9 Å². The highest BCUT2D eigenvalue weighted by atomic mass is 32.2. The minimum absolute atomic E-state index is 0.00479. The molecule has 0 aliphatic rings. The lowest BCUT2D eigenvalue weighted by Crippen LogP contribution is -2.31. The zero-order chi connectivity index (χ0) is 18.9. The Morgan fingerprint density at radius 1 is 1.15 bits per heavy atom. The van der Waals surface area contributed by atoms with Crippen LogP contribution in [0.4, 0.5) is 11.4 Å². The van der Waals surface area contributed by atoms with E-state index in [0.717, 1.165) is 20.9 Å². The van der Waals surface area contributed by atoms with Crippen molar-refractivity contribution in [3.8, 4) is 0 Å². The summed E-state index contributed by atoms with van der Waals surface area (Å²) in [5, 5.41) is 11.9. The molecule has 1 atom stereocenters. The van der Waals surface area contributed by atoms with Gasteiger partial charge in [0.1, 0.15) is 6.04 Å². The van der Waals surface area contributed by atoms with E-state index in [2.05, 4.69) is 15.6 Å². The van der Waals surface area contributed by atoms with Crippen molar-refractivity contribution in [3.63, 3.8) is 0 Å². The predicted octanol–water partition coefficient (Wildman–Crippen LogP) is 2.69. The number of hydrogen-bond donors (Lipinski definition) is 3. The molecule has 0 saturated carbocycles. The first-order valence-corrected chi connectivity index (χ1v) is 10.2. The van der Waals surface area contributed by atoms with Crippen LogP contribution < -0.4 is 15.8 Å². The summed E-state index contributed by atoms with van der Waals surface area (Å²) in [5.74, 6) is -0.242. The van der Waals surface area contributed by atoms with E-state index in [-0.39, 0.29) is 10.8 Å². The second-order valence-corrected chi connectivity index (χ2v) is 8.64. The lowest BCUT2D eigenvalue weighted by atomic mass is 10.2. The largest absolute Gasteiger partial charge is 0.374 e. The van der Waals surface area contributed by atoms with Crippen molar-refractivity contribution in [2.45, 2.75) is 24.8 Å². The third kappa shape index (κ3) is 4.18. The van der Waals surface area contributed by atoms with Crippen LogP contribution in [0, 0.1) is 6.92 Å². The average Bonchev–Trinajstić information content (AvgIpc) is 2.93. The summed E-state index contributed by atoms with van der Waals surface area (Å²) in [6, 6.07) is 11.0. The molecule has 0 spiro atoms. The molecular formula is C17H18N4O3S2. The lowest BCUT2D eigenvalue weighted by Gasteiger charge is -2.15. The molecule has 2 aromatic carbocycles. The van der Waals surface area contributed by atoms with Crippen LogP contribution in [0.2, 0.25) is 0 Å². The number of amides is 1. The fraction of sp³-hybridized carbons (Fsp3) is 0.176. The van der Waals surface area contributed by atoms with Gasteiger partial charge < -0.3 is 10.6 Å². The Kier molecular flexibility index (Phi) is 4.94. The Labute approximate surface area is 155 Å². The van der Waals surface area contributed by atoms with Gasteiger partial charge in [0.25, 0.3) is 0 Å². The van der Waals surface area contributed by atoms with Crippen LogP contribution >= 0.6 is 11.3 Å².